The predicted octanol–water partition coefficient (Wildman–Crippen LogP) is 5.39. The number of hydrogen-bond donors (Lipinski definition) is 1. The van der Waals surface area contributed by atoms with Crippen molar-refractivity contribution in [2.45, 2.75) is 32.7 Å². The molecule has 7 heteroatoms. The first kappa shape index (κ1) is 24.7. The first-order chi connectivity index (χ1) is 17.3. The lowest BCUT2D eigenvalue weighted by molar-refractivity contribution is -0.136. The fraction of sp³-hybridized carbons (Fsp3) is 0.207. The van der Waals surface area contributed by atoms with Crippen LogP contribution >= 0.6 is 0 Å². The highest BCUT2D eigenvalue weighted by molar-refractivity contribution is 5.97. The van der Waals surface area contributed by atoms with Crippen LogP contribution in [-0.2, 0) is 4.79 Å². The quantitative estimate of drug-likeness (QED) is 0.204. The number of rotatable bonds is 8. The molecule has 0 spiro atoms. The zero-order valence-electron chi connectivity index (χ0n) is 20.3. The summed E-state index contributed by atoms with van der Waals surface area (Å²) in [6, 6.07) is 22.8. The van der Waals surface area contributed by atoms with Crippen LogP contribution in [0.4, 0.5) is 0 Å². The molecule has 4 rings (SSSR count). The standard InChI is InChI=1S/C29H27NO6/c1-18(2)21-10-7-11-23(14-21)34-17-27(31)35-24-13-12-22-15-25(29(33)36-26(22)16-24)28(32)30-19(3)20-8-5-4-6-9-20/h4-16,18-19H,17H2,1-3H3,(H,30,32). The molecule has 3 aromatic carbocycles. The molecule has 4 aromatic rings. The van der Waals surface area contributed by atoms with Gasteiger partial charge in [-0.3, -0.25) is 4.79 Å². The van der Waals surface area contributed by atoms with Gasteiger partial charge in [0.05, 0.1) is 6.04 Å². The number of ether oxygens (including phenoxy) is 2. The number of carbonyl (C=O) groups is 2. The molecule has 1 unspecified atom stereocenters. The van der Waals surface area contributed by atoms with Gasteiger partial charge in [-0.2, -0.15) is 0 Å². The first-order valence-corrected chi connectivity index (χ1v) is 11.7. The summed E-state index contributed by atoms with van der Waals surface area (Å²) in [4.78, 5) is 37.5. The van der Waals surface area contributed by atoms with Crippen LogP contribution in [0.2, 0.25) is 0 Å². The Bertz CT molecular complexity index is 1440. The van der Waals surface area contributed by atoms with Crippen molar-refractivity contribution in [3.05, 3.63) is 106 Å². The average Bonchev–Trinajstić information content (AvgIpc) is 2.87. The van der Waals surface area contributed by atoms with Crippen molar-refractivity contribution >= 4 is 22.8 Å². The molecule has 1 amide bonds. The lowest BCUT2D eigenvalue weighted by Crippen LogP contribution is -2.30. The molecule has 0 radical (unpaired) electrons. The minimum Gasteiger partial charge on any atom is -0.482 e. The van der Waals surface area contributed by atoms with Crippen LogP contribution in [0, 0.1) is 0 Å². The molecular formula is C29H27NO6. The maximum Gasteiger partial charge on any atom is 0.349 e. The molecule has 1 heterocycles. The average molecular weight is 486 g/mol. The van der Waals surface area contributed by atoms with Crippen molar-refractivity contribution < 1.29 is 23.5 Å². The van der Waals surface area contributed by atoms with Gasteiger partial charge in [0.25, 0.3) is 5.91 Å². The van der Waals surface area contributed by atoms with E-state index < -0.39 is 17.5 Å². The van der Waals surface area contributed by atoms with Gasteiger partial charge in [-0.25, -0.2) is 9.59 Å². The van der Waals surface area contributed by atoms with Crippen molar-refractivity contribution in [2.24, 2.45) is 0 Å². The van der Waals surface area contributed by atoms with Gasteiger partial charge in [0.2, 0.25) is 0 Å². The van der Waals surface area contributed by atoms with Gasteiger partial charge in [-0.1, -0.05) is 56.3 Å². The number of nitrogens with one attached hydrogen (secondary N) is 1. The normalized spacial score (nSPS) is 11.8. The maximum absolute atomic E-state index is 12.7. The Morgan fingerprint density at radius 3 is 2.36 bits per heavy atom. The van der Waals surface area contributed by atoms with E-state index in [2.05, 4.69) is 19.2 Å². The Labute approximate surface area is 208 Å². The van der Waals surface area contributed by atoms with Gasteiger partial charge in [0.1, 0.15) is 22.6 Å². The summed E-state index contributed by atoms with van der Waals surface area (Å²) in [6.07, 6.45) is 0. The topological polar surface area (TPSA) is 94.8 Å². The fourth-order valence-corrected chi connectivity index (χ4v) is 3.68. The number of esters is 1. The zero-order valence-corrected chi connectivity index (χ0v) is 20.3. The molecule has 0 fully saturated rings. The summed E-state index contributed by atoms with van der Waals surface area (Å²) in [5.74, 6) is -0.0134. The molecule has 0 saturated heterocycles. The Morgan fingerprint density at radius 1 is 0.861 bits per heavy atom. The van der Waals surface area contributed by atoms with Crippen LogP contribution in [-0.4, -0.2) is 18.5 Å². The minimum atomic E-state index is -0.780. The molecule has 184 valence electrons. The van der Waals surface area contributed by atoms with Crippen molar-refractivity contribution in [3.63, 3.8) is 0 Å². The third-order valence-electron chi connectivity index (χ3n) is 5.71. The Morgan fingerprint density at radius 2 is 1.61 bits per heavy atom. The van der Waals surface area contributed by atoms with Crippen LogP contribution in [0.25, 0.3) is 11.0 Å². The van der Waals surface area contributed by atoms with Crippen molar-refractivity contribution in [1.82, 2.24) is 5.32 Å². The minimum absolute atomic E-state index is 0.105. The molecular weight excluding hydrogens is 458 g/mol. The fourth-order valence-electron chi connectivity index (χ4n) is 3.68. The highest BCUT2D eigenvalue weighted by Gasteiger charge is 2.17. The number of carbonyl (C=O) groups excluding carboxylic acids is 2. The SMILES string of the molecule is CC(C)c1cccc(OCC(=O)Oc2ccc3cc(C(=O)NC(C)c4ccccc4)c(=O)oc3c2)c1. The van der Waals surface area contributed by atoms with Gasteiger partial charge in [-0.05, 0) is 54.3 Å². The number of benzene rings is 3. The van der Waals surface area contributed by atoms with E-state index in [1.165, 1.54) is 12.1 Å². The summed E-state index contributed by atoms with van der Waals surface area (Å²) in [7, 11) is 0. The lowest BCUT2D eigenvalue weighted by Gasteiger charge is -2.14. The molecule has 0 saturated carbocycles. The second-order valence-electron chi connectivity index (χ2n) is 8.74. The molecule has 0 aliphatic rings. The molecule has 0 bridgehead atoms. The van der Waals surface area contributed by atoms with Crippen molar-refractivity contribution in [2.75, 3.05) is 6.61 Å². The van der Waals surface area contributed by atoms with Crippen LogP contribution in [0.5, 0.6) is 11.5 Å². The third kappa shape index (κ3) is 5.99. The number of hydrogen-bond acceptors (Lipinski definition) is 6. The van der Waals surface area contributed by atoms with Crippen molar-refractivity contribution in [3.8, 4) is 11.5 Å². The molecule has 0 aliphatic carbocycles. The molecule has 7 nitrogen and oxygen atoms in total. The van der Waals surface area contributed by atoms with Gasteiger partial charge in [0.15, 0.2) is 6.61 Å². The van der Waals surface area contributed by atoms with E-state index in [4.69, 9.17) is 13.9 Å². The van der Waals surface area contributed by atoms with Gasteiger partial charge in [-0.15, -0.1) is 0 Å². The van der Waals surface area contributed by atoms with Gasteiger partial charge in [0, 0.05) is 11.5 Å². The molecule has 1 aromatic heterocycles. The Hall–Kier alpha value is -4.39. The summed E-state index contributed by atoms with van der Waals surface area (Å²) in [6.45, 7) is 5.71. The van der Waals surface area contributed by atoms with Crippen LogP contribution in [0.3, 0.4) is 0 Å². The van der Waals surface area contributed by atoms with E-state index >= 15 is 0 Å². The third-order valence-corrected chi connectivity index (χ3v) is 5.71. The second kappa shape index (κ2) is 10.9. The van der Waals surface area contributed by atoms with E-state index in [9.17, 15) is 14.4 Å². The second-order valence-corrected chi connectivity index (χ2v) is 8.74. The van der Waals surface area contributed by atoms with Crippen LogP contribution in [0.1, 0.15) is 54.2 Å². The number of amides is 1. The first-order valence-electron chi connectivity index (χ1n) is 11.7. The molecule has 1 N–H and O–H groups in total. The summed E-state index contributed by atoms with van der Waals surface area (Å²) >= 11 is 0. The van der Waals surface area contributed by atoms with Crippen molar-refractivity contribution in [1.29, 1.82) is 0 Å². The monoisotopic (exact) mass is 485 g/mol. The lowest BCUT2D eigenvalue weighted by atomic mass is 10.0. The molecule has 0 aliphatic heterocycles. The van der Waals surface area contributed by atoms with E-state index in [1.807, 2.05) is 55.5 Å². The van der Waals surface area contributed by atoms with Gasteiger partial charge < -0.3 is 19.2 Å². The van der Waals surface area contributed by atoms with E-state index in [0.29, 0.717) is 17.1 Å². The van der Waals surface area contributed by atoms with E-state index in [0.717, 1.165) is 11.1 Å². The predicted molar refractivity (Wildman–Crippen MR) is 136 cm³/mol. The summed E-state index contributed by atoms with van der Waals surface area (Å²) in [5.41, 5.74) is 1.33. The smallest absolute Gasteiger partial charge is 0.349 e. The molecule has 1 atom stereocenters. The Balaban J connectivity index is 1.42. The van der Waals surface area contributed by atoms with Crippen LogP contribution < -0.4 is 20.4 Å². The zero-order chi connectivity index (χ0) is 25.7. The highest BCUT2D eigenvalue weighted by atomic mass is 16.6. The number of fused-ring (bicyclic) bond motifs is 1. The van der Waals surface area contributed by atoms with E-state index in [1.54, 1.807) is 18.2 Å². The largest absolute Gasteiger partial charge is 0.482 e. The highest BCUT2D eigenvalue weighted by Crippen LogP contribution is 2.22. The van der Waals surface area contributed by atoms with Gasteiger partial charge >= 0.3 is 11.6 Å². The Kier molecular flexibility index (Phi) is 7.49. The van der Waals surface area contributed by atoms with Crippen LogP contribution in [0.15, 0.2) is 88.1 Å². The molecule has 36 heavy (non-hydrogen) atoms. The maximum atomic E-state index is 12.7. The summed E-state index contributed by atoms with van der Waals surface area (Å²) < 4.78 is 16.2. The summed E-state index contributed by atoms with van der Waals surface area (Å²) in [5, 5.41) is 3.33. The van der Waals surface area contributed by atoms with E-state index in [-0.39, 0.29) is 29.5 Å².